The van der Waals surface area contributed by atoms with E-state index in [1.807, 2.05) is 0 Å². The summed E-state index contributed by atoms with van der Waals surface area (Å²) in [5, 5.41) is 11.7. The van der Waals surface area contributed by atoms with Crippen LogP contribution >= 0.6 is 0 Å². The van der Waals surface area contributed by atoms with Crippen molar-refractivity contribution >= 4 is 17.7 Å². The number of carboxylic acids is 1. The number of halogens is 3. The Bertz CT molecular complexity index is 1260. The normalized spacial score (nSPS) is 11.6. The third-order valence-electron chi connectivity index (χ3n) is 5.98. The van der Waals surface area contributed by atoms with Crippen LogP contribution in [0.25, 0.3) is 0 Å². The van der Waals surface area contributed by atoms with E-state index in [0.29, 0.717) is 24.8 Å². The molecule has 1 unspecified atom stereocenters. The van der Waals surface area contributed by atoms with Crippen LogP contribution in [0.15, 0.2) is 66.7 Å². The molecule has 3 aromatic rings. The zero-order valence-electron chi connectivity index (χ0n) is 22.7. The van der Waals surface area contributed by atoms with E-state index in [0.717, 1.165) is 23.3 Å². The molecule has 0 aromatic heterocycles. The van der Waals surface area contributed by atoms with Crippen LogP contribution in [0.3, 0.4) is 0 Å². The van der Waals surface area contributed by atoms with Gasteiger partial charge in [-0.25, -0.2) is 22.8 Å². The van der Waals surface area contributed by atoms with Crippen molar-refractivity contribution in [3.63, 3.8) is 0 Å². The van der Waals surface area contributed by atoms with Crippen molar-refractivity contribution in [2.75, 3.05) is 38.2 Å². The number of benzene rings is 3. The second-order valence-electron chi connectivity index (χ2n) is 9.05. The van der Waals surface area contributed by atoms with Gasteiger partial charge >= 0.3 is 12.0 Å². The summed E-state index contributed by atoms with van der Waals surface area (Å²) in [6, 6.07) is 15.1. The van der Waals surface area contributed by atoms with E-state index in [2.05, 4.69) is 5.32 Å². The molecule has 3 aromatic carbocycles. The molecule has 0 spiro atoms. The van der Waals surface area contributed by atoms with Crippen LogP contribution in [0.1, 0.15) is 24.5 Å². The van der Waals surface area contributed by atoms with Crippen molar-refractivity contribution in [1.82, 2.24) is 4.90 Å². The molecule has 1 atom stereocenters. The largest absolute Gasteiger partial charge is 0.492 e. The van der Waals surface area contributed by atoms with Gasteiger partial charge in [0.2, 0.25) is 0 Å². The van der Waals surface area contributed by atoms with Gasteiger partial charge < -0.3 is 29.5 Å². The Morgan fingerprint density at radius 1 is 0.902 bits per heavy atom. The molecular formula is C30H33F3N2O6. The lowest BCUT2D eigenvalue weighted by molar-refractivity contribution is -0.149. The van der Waals surface area contributed by atoms with E-state index in [-0.39, 0.29) is 50.8 Å². The predicted octanol–water partition coefficient (Wildman–Crippen LogP) is 5.66. The average Bonchev–Trinajstić information content (AvgIpc) is 2.95. The molecule has 0 heterocycles. The number of rotatable bonds is 16. The molecule has 3 rings (SSSR count). The minimum Gasteiger partial charge on any atom is -0.492 e. The van der Waals surface area contributed by atoms with Crippen LogP contribution in [0.2, 0.25) is 0 Å². The lowest BCUT2D eigenvalue weighted by Gasteiger charge is -2.23. The SMILES string of the molecule is CCOC(Cc1ccc(OCCN(CCCOCc2ccc(F)cc2)C(=O)Nc2ccc(F)cc2F)cc1)C(=O)O. The Balaban J connectivity index is 1.53. The quantitative estimate of drug-likeness (QED) is 0.215. The predicted molar refractivity (Wildman–Crippen MR) is 146 cm³/mol. The van der Waals surface area contributed by atoms with Gasteiger partial charge in [-0.15, -0.1) is 0 Å². The first-order valence-electron chi connectivity index (χ1n) is 13.1. The number of carbonyl (C=O) groups is 2. The van der Waals surface area contributed by atoms with Crippen LogP contribution in [0, 0.1) is 17.5 Å². The Morgan fingerprint density at radius 2 is 1.59 bits per heavy atom. The summed E-state index contributed by atoms with van der Waals surface area (Å²) < 4.78 is 57.1. The summed E-state index contributed by atoms with van der Waals surface area (Å²) in [6.45, 7) is 3.14. The molecular weight excluding hydrogens is 541 g/mol. The highest BCUT2D eigenvalue weighted by atomic mass is 19.1. The minimum absolute atomic E-state index is 0.117. The van der Waals surface area contributed by atoms with E-state index in [1.54, 1.807) is 43.3 Å². The van der Waals surface area contributed by atoms with Gasteiger partial charge in [0.25, 0.3) is 0 Å². The van der Waals surface area contributed by atoms with E-state index in [9.17, 15) is 27.9 Å². The highest BCUT2D eigenvalue weighted by Gasteiger charge is 2.18. The molecule has 0 aliphatic carbocycles. The minimum atomic E-state index is -1.04. The zero-order chi connectivity index (χ0) is 29.6. The number of urea groups is 1. The topological polar surface area (TPSA) is 97.3 Å². The Hall–Kier alpha value is -4.09. The number of nitrogens with zero attached hydrogens (tertiary/aromatic N) is 1. The number of carbonyl (C=O) groups excluding carboxylic acids is 1. The lowest BCUT2D eigenvalue weighted by atomic mass is 10.1. The van der Waals surface area contributed by atoms with Gasteiger partial charge in [0.05, 0.1) is 18.8 Å². The summed E-state index contributed by atoms with van der Waals surface area (Å²) in [7, 11) is 0. The first-order valence-corrected chi connectivity index (χ1v) is 13.1. The molecule has 0 bridgehead atoms. The van der Waals surface area contributed by atoms with Crippen LogP contribution < -0.4 is 10.1 Å². The van der Waals surface area contributed by atoms with Crippen molar-refractivity contribution in [3.8, 4) is 5.75 Å². The number of hydrogen-bond donors (Lipinski definition) is 2. The molecule has 0 saturated heterocycles. The Morgan fingerprint density at radius 3 is 2.24 bits per heavy atom. The van der Waals surface area contributed by atoms with Crippen molar-refractivity contribution in [2.24, 2.45) is 0 Å². The first kappa shape index (κ1) is 31.4. The van der Waals surface area contributed by atoms with Gasteiger partial charge in [-0.2, -0.15) is 0 Å². The van der Waals surface area contributed by atoms with E-state index in [1.165, 1.54) is 17.0 Å². The molecule has 11 heteroatoms. The van der Waals surface area contributed by atoms with E-state index >= 15 is 0 Å². The monoisotopic (exact) mass is 574 g/mol. The smallest absolute Gasteiger partial charge is 0.333 e. The molecule has 0 saturated carbocycles. The molecule has 2 N–H and O–H groups in total. The maximum Gasteiger partial charge on any atom is 0.333 e. The standard InChI is InChI=1S/C30H33F3N2O6/c1-2-40-28(29(36)37)18-21-6-11-25(12-7-21)41-17-15-35(30(38)34-27-13-10-24(32)19-26(27)33)14-3-16-39-20-22-4-8-23(31)9-5-22/h4-13,19,28H,2-3,14-18,20H2,1H3,(H,34,38)(H,36,37). The maximum atomic E-state index is 14.1. The number of aliphatic carboxylic acids is 1. The average molecular weight is 575 g/mol. The van der Waals surface area contributed by atoms with Crippen molar-refractivity contribution in [2.45, 2.75) is 32.5 Å². The van der Waals surface area contributed by atoms with Gasteiger partial charge in [-0.3, -0.25) is 0 Å². The molecule has 0 radical (unpaired) electrons. The fraction of sp³-hybridized carbons (Fsp3) is 0.333. The van der Waals surface area contributed by atoms with Gasteiger partial charge in [0.1, 0.15) is 29.8 Å². The van der Waals surface area contributed by atoms with Gasteiger partial charge in [-0.1, -0.05) is 24.3 Å². The fourth-order valence-corrected chi connectivity index (χ4v) is 3.86. The highest BCUT2D eigenvalue weighted by molar-refractivity contribution is 5.89. The van der Waals surface area contributed by atoms with Crippen LogP contribution in [-0.2, 0) is 27.3 Å². The van der Waals surface area contributed by atoms with Crippen molar-refractivity contribution in [3.05, 3.63) is 95.3 Å². The van der Waals surface area contributed by atoms with Crippen LogP contribution in [-0.4, -0.2) is 61.0 Å². The number of amides is 2. The van der Waals surface area contributed by atoms with Crippen LogP contribution in [0.4, 0.5) is 23.7 Å². The van der Waals surface area contributed by atoms with E-state index in [4.69, 9.17) is 14.2 Å². The third-order valence-corrected chi connectivity index (χ3v) is 5.98. The second-order valence-corrected chi connectivity index (χ2v) is 9.05. The lowest BCUT2D eigenvalue weighted by Crippen LogP contribution is -2.39. The highest BCUT2D eigenvalue weighted by Crippen LogP contribution is 2.17. The summed E-state index contributed by atoms with van der Waals surface area (Å²) in [4.78, 5) is 25.7. The number of anilines is 1. The molecule has 0 fully saturated rings. The molecule has 0 aliphatic heterocycles. The summed E-state index contributed by atoms with van der Waals surface area (Å²) in [5.74, 6) is -2.51. The van der Waals surface area contributed by atoms with Gasteiger partial charge in [0, 0.05) is 32.2 Å². The van der Waals surface area contributed by atoms with Gasteiger partial charge in [0.15, 0.2) is 6.10 Å². The third kappa shape index (κ3) is 10.8. The van der Waals surface area contributed by atoms with Gasteiger partial charge in [-0.05, 0) is 60.9 Å². The summed E-state index contributed by atoms with van der Waals surface area (Å²) in [5.41, 5.74) is 1.42. The second kappa shape index (κ2) is 16.2. The molecule has 0 aliphatic rings. The van der Waals surface area contributed by atoms with Crippen molar-refractivity contribution in [1.29, 1.82) is 0 Å². The summed E-state index contributed by atoms with van der Waals surface area (Å²) >= 11 is 0. The Kier molecular flexibility index (Phi) is 12.5. The van der Waals surface area contributed by atoms with Crippen LogP contribution in [0.5, 0.6) is 5.75 Å². The maximum absolute atomic E-state index is 14.1. The first-order chi connectivity index (χ1) is 19.7. The number of hydrogen-bond acceptors (Lipinski definition) is 5. The summed E-state index contributed by atoms with van der Waals surface area (Å²) in [6.07, 6.45) is -0.273. The number of ether oxygens (including phenoxy) is 3. The molecule has 2 amide bonds. The molecule has 41 heavy (non-hydrogen) atoms. The van der Waals surface area contributed by atoms with Crippen molar-refractivity contribution < 1.29 is 42.1 Å². The van der Waals surface area contributed by atoms with E-state index < -0.39 is 29.7 Å². The molecule has 8 nitrogen and oxygen atoms in total. The number of carboxylic acid groups (broad SMARTS) is 1. The zero-order valence-corrected chi connectivity index (χ0v) is 22.7. The fourth-order valence-electron chi connectivity index (χ4n) is 3.86. The molecule has 220 valence electrons. The Labute approximate surface area is 236 Å². The number of nitrogens with one attached hydrogen (secondary N) is 1.